The first-order chi connectivity index (χ1) is 16.1. The smallest absolute Gasteiger partial charge is 0.335 e. The van der Waals surface area contributed by atoms with Gasteiger partial charge < -0.3 is 15.5 Å². The Balaban J connectivity index is 1.89. The summed E-state index contributed by atoms with van der Waals surface area (Å²) in [6, 6.07) is 16.6. The second-order valence-electron chi connectivity index (χ2n) is 7.48. The molecule has 0 fully saturated rings. The van der Waals surface area contributed by atoms with Gasteiger partial charge in [0.15, 0.2) is 0 Å². The number of sulfonamides is 1. The van der Waals surface area contributed by atoms with Gasteiger partial charge in [-0.1, -0.05) is 41.9 Å². The third kappa shape index (κ3) is 5.74. The van der Waals surface area contributed by atoms with E-state index in [2.05, 4.69) is 5.32 Å². The fourth-order valence-electron chi connectivity index (χ4n) is 3.26. The number of anilines is 1. The molecule has 0 bridgehead atoms. The number of hydrogen-bond acceptors (Lipinski definition) is 5. The zero-order valence-electron chi connectivity index (χ0n) is 18.2. The molecule has 34 heavy (non-hydrogen) atoms. The molecule has 0 aliphatic carbocycles. The third-order valence-corrected chi connectivity index (χ3v) is 7.34. The molecular weight excluding hydrogens is 480 g/mol. The number of nitrogens with one attached hydrogen (secondary N) is 1. The third-order valence-electron chi connectivity index (χ3n) is 5.15. The number of halogens is 1. The van der Waals surface area contributed by atoms with Crippen molar-refractivity contribution in [2.45, 2.75) is 25.0 Å². The van der Waals surface area contributed by atoms with E-state index in [4.69, 9.17) is 16.7 Å². The maximum atomic E-state index is 13.5. The Morgan fingerprint density at radius 1 is 1.00 bits per heavy atom. The Kier molecular flexibility index (Phi) is 7.93. The van der Waals surface area contributed by atoms with Gasteiger partial charge in [0.1, 0.15) is 6.54 Å². The van der Waals surface area contributed by atoms with Crippen LogP contribution in [-0.2, 0) is 28.0 Å². The van der Waals surface area contributed by atoms with E-state index in [1.807, 2.05) is 0 Å². The van der Waals surface area contributed by atoms with Crippen molar-refractivity contribution in [1.29, 1.82) is 0 Å². The van der Waals surface area contributed by atoms with Gasteiger partial charge in [-0.3, -0.25) is 9.10 Å². The molecular formula is C24H23ClN2O6S. The van der Waals surface area contributed by atoms with Crippen LogP contribution in [0, 0.1) is 6.92 Å². The van der Waals surface area contributed by atoms with Gasteiger partial charge in [0, 0.05) is 11.6 Å². The minimum Gasteiger partial charge on any atom is -0.478 e. The van der Waals surface area contributed by atoms with Gasteiger partial charge in [-0.25, -0.2) is 13.2 Å². The summed E-state index contributed by atoms with van der Waals surface area (Å²) in [5, 5.41) is 21.4. The lowest BCUT2D eigenvalue weighted by atomic mass is 10.1. The number of carboxylic acids is 1. The fourth-order valence-corrected chi connectivity index (χ4v) is 4.91. The van der Waals surface area contributed by atoms with Crippen molar-refractivity contribution >= 4 is 39.2 Å². The standard InChI is InChI=1S/C24H23ClN2O6S/c1-16-21(25)6-3-7-22(16)27(34(32,33)20-10-8-17(15-28)9-11-20)14-23(29)26-13-18-4-2-5-19(12-18)24(30)31/h2-12,28H,13-15H2,1H3,(H,26,29)(H,30,31). The highest BCUT2D eigenvalue weighted by Gasteiger charge is 2.28. The molecule has 10 heteroatoms. The number of aromatic carboxylic acids is 1. The van der Waals surface area contributed by atoms with Crippen molar-refractivity contribution in [3.63, 3.8) is 0 Å². The number of carbonyl (C=O) groups is 2. The monoisotopic (exact) mass is 502 g/mol. The van der Waals surface area contributed by atoms with E-state index in [9.17, 15) is 23.1 Å². The van der Waals surface area contributed by atoms with Crippen molar-refractivity contribution in [1.82, 2.24) is 5.32 Å². The summed E-state index contributed by atoms with van der Waals surface area (Å²) in [6.07, 6.45) is 0. The average Bonchev–Trinajstić information content (AvgIpc) is 2.83. The van der Waals surface area contributed by atoms with Gasteiger partial charge in [0.2, 0.25) is 5.91 Å². The number of carboxylic acid groups (broad SMARTS) is 1. The van der Waals surface area contributed by atoms with Crippen molar-refractivity contribution in [3.05, 3.63) is 94.0 Å². The predicted molar refractivity (Wildman–Crippen MR) is 128 cm³/mol. The molecule has 3 aromatic carbocycles. The number of nitrogens with zero attached hydrogens (tertiary/aromatic N) is 1. The summed E-state index contributed by atoms with van der Waals surface area (Å²) in [5.41, 5.74) is 1.92. The summed E-state index contributed by atoms with van der Waals surface area (Å²) >= 11 is 6.21. The molecule has 0 heterocycles. The minimum atomic E-state index is -4.16. The van der Waals surface area contributed by atoms with Crippen LogP contribution in [-0.4, -0.2) is 37.1 Å². The number of amides is 1. The number of aliphatic hydroxyl groups excluding tert-OH is 1. The number of carbonyl (C=O) groups excluding carboxylic acids is 1. The van der Waals surface area contributed by atoms with E-state index in [-0.39, 0.29) is 29.3 Å². The molecule has 178 valence electrons. The molecule has 3 rings (SSSR count). The molecule has 3 N–H and O–H groups in total. The summed E-state index contributed by atoms with van der Waals surface area (Å²) in [5.74, 6) is -1.68. The van der Waals surface area contributed by atoms with E-state index >= 15 is 0 Å². The Morgan fingerprint density at radius 2 is 1.68 bits per heavy atom. The van der Waals surface area contributed by atoms with Gasteiger partial charge >= 0.3 is 5.97 Å². The Hall–Kier alpha value is -3.40. The molecule has 0 saturated heterocycles. The zero-order valence-corrected chi connectivity index (χ0v) is 19.8. The molecule has 0 spiro atoms. The van der Waals surface area contributed by atoms with Gasteiger partial charge in [-0.2, -0.15) is 0 Å². The van der Waals surface area contributed by atoms with E-state index in [1.54, 1.807) is 37.3 Å². The topological polar surface area (TPSA) is 124 Å². The van der Waals surface area contributed by atoms with Crippen LogP contribution in [0.15, 0.2) is 71.6 Å². The van der Waals surface area contributed by atoms with Gasteiger partial charge in [0.25, 0.3) is 10.0 Å². The summed E-state index contributed by atoms with van der Waals surface area (Å²) < 4.78 is 28.0. The molecule has 0 aromatic heterocycles. The van der Waals surface area contributed by atoms with Crippen LogP contribution in [0.4, 0.5) is 5.69 Å². The maximum absolute atomic E-state index is 13.5. The van der Waals surface area contributed by atoms with Gasteiger partial charge in [-0.05, 0) is 60.0 Å². The molecule has 0 radical (unpaired) electrons. The molecule has 0 atom stereocenters. The number of rotatable bonds is 9. The Morgan fingerprint density at radius 3 is 2.32 bits per heavy atom. The fraction of sp³-hybridized carbons (Fsp3) is 0.167. The first-order valence-corrected chi connectivity index (χ1v) is 12.0. The zero-order chi connectivity index (χ0) is 24.9. The van der Waals surface area contributed by atoms with Crippen LogP contribution in [0.2, 0.25) is 5.02 Å². The van der Waals surface area contributed by atoms with Crippen molar-refractivity contribution in [3.8, 4) is 0 Å². The van der Waals surface area contributed by atoms with Crippen molar-refractivity contribution < 1.29 is 28.2 Å². The Labute approximate surface area is 202 Å². The van der Waals surface area contributed by atoms with E-state index < -0.39 is 28.4 Å². The van der Waals surface area contributed by atoms with Crippen LogP contribution in [0.25, 0.3) is 0 Å². The molecule has 0 unspecified atom stereocenters. The van der Waals surface area contributed by atoms with Crippen molar-refractivity contribution in [2.24, 2.45) is 0 Å². The first-order valence-electron chi connectivity index (χ1n) is 10.2. The van der Waals surface area contributed by atoms with Gasteiger partial charge in [0.05, 0.1) is 22.8 Å². The lowest BCUT2D eigenvalue weighted by molar-refractivity contribution is -0.119. The Bertz CT molecular complexity index is 1310. The van der Waals surface area contributed by atoms with E-state index in [0.29, 0.717) is 21.7 Å². The maximum Gasteiger partial charge on any atom is 0.335 e. The highest BCUT2D eigenvalue weighted by Crippen LogP contribution is 2.30. The normalized spacial score (nSPS) is 11.1. The second-order valence-corrected chi connectivity index (χ2v) is 9.75. The number of hydrogen-bond donors (Lipinski definition) is 3. The van der Waals surface area contributed by atoms with E-state index in [0.717, 1.165) is 4.31 Å². The van der Waals surface area contributed by atoms with Crippen LogP contribution in [0.3, 0.4) is 0 Å². The quantitative estimate of drug-likeness (QED) is 0.412. The molecule has 0 saturated carbocycles. The minimum absolute atomic E-state index is 0.0214. The van der Waals surface area contributed by atoms with Crippen LogP contribution < -0.4 is 9.62 Å². The molecule has 0 aliphatic heterocycles. The average molecular weight is 503 g/mol. The first kappa shape index (κ1) is 25.2. The molecule has 3 aromatic rings. The lowest BCUT2D eigenvalue weighted by Crippen LogP contribution is -2.41. The second kappa shape index (κ2) is 10.7. The van der Waals surface area contributed by atoms with Crippen LogP contribution >= 0.6 is 11.6 Å². The summed E-state index contributed by atoms with van der Waals surface area (Å²) in [7, 11) is -4.16. The summed E-state index contributed by atoms with van der Waals surface area (Å²) in [4.78, 5) is 23.9. The highest BCUT2D eigenvalue weighted by molar-refractivity contribution is 7.92. The highest BCUT2D eigenvalue weighted by atomic mass is 35.5. The molecule has 8 nitrogen and oxygen atoms in total. The number of benzene rings is 3. The molecule has 1 amide bonds. The lowest BCUT2D eigenvalue weighted by Gasteiger charge is -2.26. The van der Waals surface area contributed by atoms with Crippen LogP contribution in [0.1, 0.15) is 27.0 Å². The van der Waals surface area contributed by atoms with E-state index in [1.165, 1.54) is 36.4 Å². The number of aliphatic hydroxyl groups is 1. The SMILES string of the molecule is Cc1c(Cl)cccc1N(CC(=O)NCc1cccc(C(=O)O)c1)S(=O)(=O)c1ccc(CO)cc1. The van der Waals surface area contributed by atoms with Crippen molar-refractivity contribution in [2.75, 3.05) is 10.8 Å². The summed E-state index contributed by atoms with van der Waals surface area (Å²) in [6.45, 7) is 0.921. The predicted octanol–water partition coefficient (Wildman–Crippen LogP) is 3.35. The molecule has 0 aliphatic rings. The van der Waals surface area contributed by atoms with Gasteiger partial charge in [-0.15, -0.1) is 0 Å². The largest absolute Gasteiger partial charge is 0.478 e. The van der Waals surface area contributed by atoms with Crippen LogP contribution in [0.5, 0.6) is 0 Å².